The van der Waals surface area contributed by atoms with Gasteiger partial charge in [0.15, 0.2) is 0 Å². The molecule has 0 aromatic rings. The summed E-state index contributed by atoms with van der Waals surface area (Å²) in [5, 5.41) is -3.46. The number of carbonyl (C=O) groups is 3. The summed E-state index contributed by atoms with van der Waals surface area (Å²) in [6.45, 7) is 1.91. The molecule has 8 radical (unpaired) electrons. The van der Waals surface area contributed by atoms with E-state index in [9.17, 15) is 14.4 Å². The van der Waals surface area contributed by atoms with Gasteiger partial charge in [-0.15, -0.1) is 0 Å². The van der Waals surface area contributed by atoms with Crippen LogP contribution in [0.15, 0.2) is 0 Å². The monoisotopic (exact) mass is 323 g/mol. The third-order valence-corrected chi connectivity index (χ3v) is 4.85. The van der Waals surface area contributed by atoms with Gasteiger partial charge in [-0.2, -0.15) is 0 Å². The van der Waals surface area contributed by atoms with E-state index in [0.717, 1.165) is 0 Å². The quantitative estimate of drug-likeness (QED) is 0.506. The van der Waals surface area contributed by atoms with E-state index in [1.54, 1.807) is 6.92 Å². The number of amides is 1. The first-order valence-corrected chi connectivity index (χ1v) is 7.77. The van der Waals surface area contributed by atoms with E-state index >= 15 is 0 Å². The lowest BCUT2D eigenvalue weighted by Crippen LogP contribution is -2.60. The maximum Gasteiger partial charge on any atom is 0.410 e. The molecule has 0 aromatic heterocycles. The van der Waals surface area contributed by atoms with Gasteiger partial charge in [-0.1, -0.05) is 6.42 Å². The highest BCUT2D eigenvalue weighted by Crippen LogP contribution is 2.55. The molecule has 120 valence electrons. The van der Waals surface area contributed by atoms with Gasteiger partial charge >= 0.3 is 12.1 Å². The molecule has 2 fully saturated rings. The Hall–Kier alpha value is -1.33. The minimum absolute atomic E-state index is 0.0768. The number of ether oxygens (including phenoxy) is 2. The van der Waals surface area contributed by atoms with Crippen molar-refractivity contribution in [2.75, 3.05) is 20.3 Å². The highest BCUT2D eigenvalue weighted by atomic mass is 16.6. The van der Waals surface area contributed by atoms with Gasteiger partial charge in [0, 0.05) is 6.54 Å². The van der Waals surface area contributed by atoms with Crippen molar-refractivity contribution in [1.82, 2.24) is 4.90 Å². The Balaban J connectivity index is 2.36. The van der Waals surface area contributed by atoms with Crippen LogP contribution in [0.25, 0.3) is 0 Å². The number of ketones is 1. The first-order valence-electron chi connectivity index (χ1n) is 7.77. The number of carbonyl (C=O) groups excluding carboxylic acids is 3. The molecule has 1 saturated carbocycles. The molecular formula is C14H17B4NO5. The number of hydrogen-bond acceptors (Lipinski definition) is 5. The fourth-order valence-corrected chi connectivity index (χ4v) is 3.74. The molecule has 1 aliphatic heterocycles. The summed E-state index contributed by atoms with van der Waals surface area (Å²) in [6.07, 6.45) is -0.494. The topological polar surface area (TPSA) is 72.9 Å². The normalized spacial score (nSPS) is 31.0. The molecule has 0 spiro atoms. The number of piperidine rings is 1. The Bertz CT molecular complexity index is 553. The van der Waals surface area contributed by atoms with E-state index in [4.69, 9.17) is 40.9 Å². The first kappa shape index (κ1) is 19.0. The van der Waals surface area contributed by atoms with Gasteiger partial charge in [-0.3, -0.25) is 4.90 Å². The highest BCUT2D eigenvalue weighted by Gasteiger charge is 2.55. The standard InChI is InChI=1S/C14H17B4NO5/c1-3-24-10(20)9-4-8-7(6-19(9)12(22)23-2)5-13(15,16)11(21)14(8,17)18/h7-9H,3-6H2,1-2H3. The number of hydrogen-bond donors (Lipinski definition) is 0. The highest BCUT2D eigenvalue weighted by molar-refractivity contribution is 6.62. The number of fused-ring (bicyclic) bond motifs is 1. The Morgan fingerprint density at radius 3 is 2.46 bits per heavy atom. The minimum Gasteiger partial charge on any atom is -0.464 e. The zero-order valence-electron chi connectivity index (χ0n) is 13.9. The summed E-state index contributed by atoms with van der Waals surface area (Å²) in [5.41, 5.74) is 0. The van der Waals surface area contributed by atoms with Crippen LogP contribution in [-0.2, 0) is 19.1 Å². The summed E-state index contributed by atoms with van der Waals surface area (Å²) in [7, 11) is 24.9. The molecular weight excluding hydrogens is 305 g/mol. The molecule has 3 atom stereocenters. The molecule has 10 heteroatoms. The zero-order chi connectivity index (χ0) is 18.3. The molecule has 0 bridgehead atoms. The minimum atomic E-state index is -1.78. The molecule has 2 rings (SSSR count). The van der Waals surface area contributed by atoms with Crippen LogP contribution < -0.4 is 0 Å². The fraction of sp³-hybridized carbons (Fsp3) is 0.786. The molecule has 0 N–H and O–H groups in total. The van der Waals surface area contributed by atoms with Gasteiger partial charge in [0.1, 0.15) is 11.8 Å². The summed E-state index contributed by atoms with van der Waals surface area (Å²) in [5.74, 6) is -2.15. The summed E-state index contributed by atoms with van der Waals surface area (Å²) < 4.78 is 9.76. The van der Waals surface area contributed by atoms with Gasteiger partial charge < -0.3 is 14.3 Å². The van der Waals surface area contributed by atoms with Crippen LogP contribution in [0.1, 0.15) is 19.8 Å². The van der Waals surface area contributed by atoms with Crippen molar-refractivity contribution in [3.8, 4) is 0 Å². The maximum absolute atomic E-state index is 12.4. The third kappa shape index (κ3) is 3.11. The summed E-state index contributed by atoms with van der Waals surface area (Å²) in [6, 6.07) is -0.930. The maximum atomic E-state index is 12.4. The number of rotatable bonds is 2. The summed E-state index contributed by atoms with van der Waals surface area (Å²) >= 11 is 0. The molecule has 24 heavy (non-hydrogen) atoms. The van der Waals surface area contributed by atoms with Crippen LogP contribution in [-0.4, -0.2) is 80.4 Å². The Morgan fingerprint density at radius 2 is 1.92 bits per heavy atom. The number of esters is 1. The van der Waals surface area contributed by atoms with Crippen LogP contribution in [0.4, 0.5) is 4.79 Å². The van der Waals surface area contributed by atoms with Crippen LogP contribution in [0.3, 0.4) is 0 Å². The smallest absolute Gasteiger partial charge is 0.410 e. The van der Waals surface area contributed by atoms with Crippen molar-refractivity contribution in [3.63, 3.8) is 0 Å². The molecule has 1 amide bonds. The summed E-state index contributed by atoms with van der Waals surface area (Å²) in [4.78, 5) is 37.9. The molecule has 3 unspecified atom stereocenters. The Morgan fingerprint density at radius 1 is 1.29 bits per heavy atom. The zero-order valence-corrected chi connectivity index (χ0v) is 13.9. The largest absolute Gasteiger partial charge is 0.464 e. The molecule has 1 heterocycles. The van der Waals surface area contributed by atoms with Crippen LogP contribution in [0.2, 0.25) is 10.4 Å². The number of methoxy groups -OCH3 is 1. The van der Waals surface area contributed by atoms with Crippen molar-refractivity contribution < 1.29 is 23.9 Å². The van der Waals surface area contributed by atoms with E-state index in [0.29, 0.717) is 0 Å². The second-order valence-electron chi connectivity index (χ2n) is 6.50. The van der Waals surface area contributed by atoms with Gasteiger partial charge in [0.2, 0.25) is 0 Å². The van der Waals surface area contributed by atoms with Crippen molar-refractivity contribution in [2.45, 2.75) is 36.2 Å². The van der Waals surface area contributed by atoms with E-state index in [1.807, 2.05) is 0 Å². The molecule has 1 saturated heterocycles. The molecule has 1 aliphatic carbocycles. The van der Waals surface area contributed by atoms with Crippen molar-refractivity contribution in [3.05, 3.63) is 0 Å². The Kier molecular flexibility index (Phi) is 5.17. The lowest BCUT2D eigenvalue weighted by molar-refractivity contribution is -0.153. The number of Topliss-reactive ketones (excluding diaryl/α,β-unsaturated/α-hetero) is 1. The Labute approximate surface area is 147 Å². The van der Waals surface area contributed by atoms with Gasteiger partial charge in [-0.05, 0) is 35.6 Å². The second-order valence-corrected chi connectivity index (χ2v) is 6.50. The average Bonchev–Trinajstić information content (AvgIpc) is 2.51. The molecule has 2 aliphatic rings. The van der Waals surface area contributed by atoms with Gasteiger partial charge in [-0.25, -0.2) is 9.59 Å². The van der Waals surface area contributed by atoms with Crippen LogP contribution in [0.5, 0.6) is 0 Å². The molecule has 0 aromatic carbocycles. The predicted octanol–water partition coefficient (Wildman–Crippen LogP) is -0.498. The van der Waals surface area contributed by atoms with E-state index in [-0.39, 0.29) is 31.9 Å². The lowest BCUT2D eigenvalue weighted by Gasteiger charge is -2.55. The van der Waals surface area contributed by atoms with Crippen molar-refractivity contribution >= 4 is 49.2 Å². The van der Waals surface area contributed by atoms with Gasteiger partial charge in [0.25, 0.3) is 0 Å². The predicted molar refractivity (Wildman–Crippen MR) is 89.2 cm³/mol. The fourth-order valence-electron chi connectivity index (χ4n) is 3.74. The SMILES string of the molecule is [B]C1([B])CC2CN(C(=O)OC)C(C(=O)OCC)CC2C([B])([B])C1=O. The second kappa shape index (κ2) is 6.52. The van der Waals surface area contributed by atoms with E-state index < -0.39 is 40.2 Å². The molecule has 6 nitrogen and oxygen atoms in total. The first-order chi connectivity index (χ1) is 11.1. The van der Waals surface area contributed by atoms with Crippen molar-refractivity contribution in [1.29, 1.82) is 0 Å². The van der Waals surface area contributed by atoms with Crippen molar-refractivity contribution in [2.24, 2.45) is 11.8 Å². The van der Waals surface area contributed by atoms with Gasteiger partial charge in [0.05, 0.1) is 45.1 Å². The number of likely N-dealkylation sites (tertiary alicyclic amines) is 1. The average molecular weight is 323 g/mol. The van der Waals surface area contributed by atoms with E-state index in [1.165, 1.54) is 12.0 Å². The van der Waals surface area contributed by atoms with Crippen LogP contribution in [0, 0.1) is 11.8 Å². The van der Waals surface area contributed by atoms with Crippen LogP contribution >= 0.6 is 0 Å². The third-order valence-electron chi connectivity index (χ3n) is 4.85. The van der Waals surface area contributed by atoms with E-state index in [2.05, 4.69) is 0 Å². The number of nitrogens with zero attached hydrogens (tertiary/aromatic N) is 1. The lowest BCUT2D eigenvalue weighted by atomic mass is 9.30.